The van der Waals surface area contributed by atoms with Crippen molar-refractivity contribution in [3.63, 3.8) is 0 Å². The lowest BCUT2D eigenvalue weighted by atomic mass is 9.73. The van der Waals surface area contributed by atoms with Crippen LogP contribution in [0.3, 0.4) is 0 Å². The maximum absolute atomic E-state index is 4.81. The second-order valence-electron chi connectivity index (χ2n) is 10.9. The van der Waals surface area contributed by atoms with E-state index >= 15 is 0 Å². The van der Waals surface area contributed by atoms with E-state index < -0.39 is 0 Å². The van der Waals surface area contributed by atoms with Crippen LogP contribution in [0.4, 0.5) is 0 Å². The van der Waals surface area contributed by atoms with Crippen LogP contribution < -0.4 is 0 Å². The summed E-state index contributed by atoms with van der Waals surface area (Å²) in [5.74, 6) is 0.728. The summed E-state index contributed by atoms with van der Waals surface area (Å²) in [4.78, 5) is 6.39. The van der Waals surface area contributed by atoms with Gasteiger partial charge in [0.15, 0.2) is 0 Å². The third-order valence-corrected chi connectivity index (χ3v) is 9.02. The summed E-state index contributed by atoms with van der Waals surface area (Å²) in [6.45, 7) is 9.17. The molecule has 0 aliphatic heterocycles. The van der Waals surface area contributed by atoms with Gasteiger partial charge in [-0.1, -0.05) is 55.3 Å². The smallest absolute Gasteiger partial charge is 0.0780 e. The van der Waals surface area contributed by atoms with E-state index in [1.165, 1.54) is 74.0 Å². The van der Waals surface area contributed by atoms with Gasteiger partial charge in [-0.3, -0.25) is 4.98 Å². The molecule has 0 radical (unpaired) electrons. The molecule has 0 bridgehead atoms. The zero-order chi connectivity index (χ0) is 22.7. The molecule has 1 nitrogen and oxygen atoms in total. The SMILES string of the molecule is Cc1cc(C)cc(-c2nccc3c2ccc2c3ccc3cc(C4CCC(C)(C)CC4)sc32)c1. The van der Waals surface area contributed by atoms with Gasteiger partial charge in [0, 0.05) is 32.1 Å². The fourth-order valence-corrected chi connectivity index (χ4v) is 7.17. The van der Waals surface area contributed by atoms with E-state index in [0.717, 1.165) is 11.6 Å². The summed E-state index contributed by atoms with van der Waals surface area (Å²) in [5, 5.41) is 6.65. The summed E-state index contributed by atoms with van der Waals surface area (Å²) >= 11 is 2.03. The molecule has 0 amide bonds. The van der Waals surface area contributed by atoms with Crippen molar-refractivity contribution in [3.8, 4) is 11.3 Å². The minimum absolute atomic E-state index is 0.514. The predicted molar refractivity (Wildman–Crippen MR) is 145 cm³/mol. The molecule has 166 valence electrons. The van der Waals surface area contributed by atoms with Crippen LogP contribution in [-0.4, -0.2) is 4.98 Å². The fraction of sp³-hybridized carbons (Fsp3) is 0.323. The van der Waals surface area contributed by atoms with Crippen molar-refractivity contribution in [2.45, 2.75) is 59.3 Å². The summed E-state index contributed by atoms with van der Waals surface area (Å²) in [7, 11) is 0. The van der Waals surface area contributed by atoms with E-state index in [1.54, 1.807) is 4.88 Å². The molecule has 0 spiro atoms. The second-order valence-corrected chi connectivity index (χ2v) is 11.9. The monoisotopic (exact) mass is 449 g/mol. The summed E-state index contributed by atoms with van der Waals surface area (Å²) in [6.07, 6.45) is 7.30. The van der Waals surface area contributed by atoms with Crippen LogP contribution in [0.2, 0.25) is 0 Å². The van der Waals surface area contributed by atoms with E-state index in [2.05, 4.69) is 82.3 Å². The summed E-state index contributed by atoms with van der Waals surface area (Å²) < 4.78 is 1.44. The number of thiophene rings is 1. The maximum Gasteiger partial charge on any atom is 0.0780 e. The molecule has 2 aromatic heterocycles. The second kappa shape index (κ2) is 7.67. The van der Waals surface area contributed by atoms with Gasteiger partial charge in [-0.25, -0.2) is 0 Å². The molecule has 6 rings (SSSR count). The highest BCUT2D eigenvalue weighted by molar-refractivity contribution is 7.20. The quantitative estimate of drug-likeness (QED) is 0.244. The topological polar surface area (TPSA) is 12.9 Å². The molecule has 0 unspecified atom stereocenters. The summed E-state index contributed by atoms with van der Waals surface area (Å²) in [6, 6.07) is 20.7. The largest absolute Gasteiger partial charge is 0.256 e. The Morgan fingerprint density at radius 1 is 0.788 bits per heavy atom. The molecule has 0 atom stereocenters. The van der Waals surface area contributed by atoms with Crippen molar-refractivity contribution in [1.82, 2.24) is 4.98 Å². The van der Waals surface area contributed by atoms with E-state index in [1.807, 2.05) is 17.5 Å². The highest BCUT2D eigenvalue weighted by Gasteiger charge is 2.28. The Morgan fingerprint density at radius 2 is 1.45 bits per heavy atom. The van der Waals surface area contributed by atoms with Crippen LogP contribution in [0, 0.1) is 19.3 Å². The normalized spacial score (nSPS) is 16.7. The zero-order valence-corrected chi connectivity index (χ0v) is 20.9. The first kappa shape index (κ1) is 20.9. The first-order valence-electron chi connectivity index (χ1n) is 12.2. The number of hydrogen-bond donors (Lipinski definition) is 0. The molecule has 1 aliphatic carbocycles. The van der Waals surface area contributed by atoms with Gasteiger partial charge < -0.3 is 0 Å². The van der Waals surface area contributed by atoms with Gasteiger partial charge in [-0.05, 0) is 91.3 Å². The predicted octanol–water partition coefficient (Wildman–Crippen LogP) is 9.57. The highest BCUT2D eigenvalue weighted by atomic mass is 32.1. The number of rotatable bonds is 2. The van der Waals surface area contributed by atoms with Gasteiger partial charge in [0.1, 0.15) is 0 Å². The standard InChI is InChI=1S/C31H31NS/c1-19-15-20(2)17-23(16-19)29-26-7-8-27-24(25(26)11-14-32-29)6-5-22-18-28(33-30(22)27)21-9-12-31(3,4)13-10-21/h5-8,11,14-18,21H,9-10,12-13H2,1-4H3. The first-order valence-corrected chi connectivity index (χ1v) is 13.0. The van der Waals surface area contributed by atoms with E-state index in [0.29, 0.717) is 5.41 Å². The lowest BCUT2D eigenvalue weighted by molar-refractivity contribution is 0.226. The molecule has 33 heavy (non-hydrogen) atoms. The minimum atomic E-state index is 0.514. The molecule has 0 N–H and O–H groups in total. The number of aryl methyl sites for hydroxylation is 2. The number of aromatic nitrogens is 1. The molecule has 2 heteroatoms. The lowest BCUT2D eigenvalue weighted by Crippen LogP contribution is -2.19. The molecule has 1 fully saturated rings. The van der Waals surface area contributed by atoms with Gasteiger partial charge in [0.2, 0.25) is 0 Å². The fourth-order valence-electron chi connectivity index (χ4n) is 5.81. The first-order chi connectivity index (χ1) is 15.9. The Balaban J connectivity index is 1.49. The molecule has 2 heterocycles. The average molecular weight is 450 g/mol. The van der Waals surface area contributed by atoms with Crippen molar-refractivity contribution in [3.05, 3.63) is 76.8 Å². The van der Waals surface area contributed by atoms with Crippen molar-refractivity contribution in [2.24, 2.45) is 5.41 Å². The third kappa shape index (κ3) is 3.65. The van der Waals surface area contributed by atoms with Crippen LogP contribution in [0.15, 0.2) is 60.8 Å². The number of fused-ring (bicyclic) bond motifs is 5. The van der Waals surface area contributed by atoms with Crippen LogP contribution in [0.1, 0.15) is 61.5 Å². The minimum Gasteiger partial charge on any atom is -0.256 e. The average Bonchev–Trinajstić information content (AvgIpc) is 3.22. The van der Waals surface area contributed by atoms with Crippen molar-refractivity contribution >= 4 is 43.0 Å². The van der Waals surface area contributed by atoms with Crippen LogP contribution in [0.25, 0.3) is 42.9 Å². The Kier molecular flexibility index (Phi) is 4.85. The lowest BCUT2D eigenvalue weighted by Gasteiger charge is -2.33. The van der Waals surface area contributed by atoms with Crippen LogP contribution in [-0.2, 0) is 0 Å². The molecular weight excluding hydrogens is 418 g/mol. The Morgan fingerprint density at radius 3 is 2.21 bits per heavy atom. The molecule has 0 saturated heterocycles. The van der Waals surface area contributed by atoms with Gasteiger partial charge in [0.25, 0.3) is 0 Å². The molecule has 3 aromatic carbocycles. The van der Waals surface area contributed by atoms with E-state index in [4.69, 9.17) is 4.98 Å². The summed E-state index contributed by atoms with van der Waals surface area (Å²) in [5.41, 5.74) is 5.36. The highest BCUT2D eigenvalue weighted by Crippen LogP contribution is 2.46. The third-order valence-electron chi connectivity index (χ3n) is 7.68. The molecular formula is C31H31NS. The van der Waals surface area contributed by atoms with Crippen LogP contribution in [0.5, 0.6) is 0 Å². The Labute approximate surface area is 200 Å². The van der Waals surface area contributed by atoms with Gasteiger partial charge in [-0.15, -0.1) is 11.3 Å². The van der Waals surface area contributed by atoms with E-state index in [9.17, 15) is 0 Å². The van der Waals surface area contributed by atoms with Crippen molar-refractivity contribution in [2.75, 3.05) is 0 Å². The van der Waals surface area contributed by atoms with Crippen molar-refractivity contribution < 1.29 is 0 Å². The van der Waals surface area contributed by atoms with Crippen molar-refractivity contribution in [1.29, 1.82) is 0 Å². The number of hydrogen-bond acceptors (Lipinski definition) is 2. The molecule has 5 aromatic rings. The maximum atomic E-state index is 4.81. The zero-order valence-electron chi connectivity index (χ0n) is 20.0. The van der Waals surface area contributed by atoms with Gasteiger partial charge in [0.05, 0.1) is 5.69 Å². The Hall–Kier alpha value is -2.71. The Bertz CT molecular complexity index is 1490. The van der Waals surface area contributed by atoms with Crippen LogP contribution >= 0.6 is 11.3 Å². The molecule has 1 saturated carbocycles. The number of pyridine rings is 1. The number of nitrogens with zero attached hydrogens (tertiary/aromatic N) is 1. The van der Waals surface area contributed by atoms with Gasteiger partial charge >= 0.3 is 0 Å². The van der Waals surface area contributed by atoms with E-state index in [-0.39, 0.29) is 0 Å². The number of benzene rings is 3. The molecule has 1 aliphatic rings. The van der Waals surface area contributed by atoms with Gasteiger partial charge in [-0.2, -0.15) is 0 Å².